The van der Waals surface area contributed by atoms with E-state index in [1.165, 1.54) is 0 Å². The molecule has 0 aliphatic heterocycles. The predicted molar refractivity (Wildman–Crippen MR) is 85.2 cm³/mol. The number of hydrogen-bond acceptors (Lipinski definition) is 2. The normalized spacial score (nSPS) is 15.6. The molecule has 0 saturated carbocycles. The molecular formula is C17H21NOS. The fourth-order valence-corrected chi connectivity index (χ4v) is 3.72. The van der Waals surface area contributed by atoms with Crippen LogP contribution in [0.1, 0.15) is 29.7 Å². The van der Waals surface area contributed by atoms with E-state index in [2.05, 4.69) is 0 Å². The van der Waals surface area contributed by atoms with E-state index in [4.69, 9.17) is 5.73 Å². The van der Waals surface area contributed by atoms with Gasteiger partial charge >= 0.3 is 0 Å². The standard InChI is InChI=1S/C17H21NOS/c1-12-9-10-13(2)16(11-12)20(19)14(3)17(18)15-7-5-4-6-8-15/h4-11,14,17H,18H2,1-3H3. The minimum Gasteiger partial charge on any atom is -0.323 e. The summed E-state index contributed by atoms with van der Waals surface area (Å²) in [5.74, 6) is 0. The molecule has 3 atom stereocenters. The van der Waals surface area contributed by atoms with Crippen molar-refractivity contribution in [2.24, 2.45) is 5.73 Å². The van der Waals surface area contributed by atoms with Gasteiger partial charge in [0.05, 0.1) is 16.0 Å². The van der Waals surface area contributed by atoms with Crippen molar-refractivity contribution >= 4 is 10.8 Å². The van der Waals surface area contributed by atoms with E-state index >= 15 is 0 Å². The molecule has 2 nitrogen and oxygen atoms in total. The van der Waals surface area contributed by atoms with E-state index in [-0.39, 0.29) is 11.3 Å². The monoisotopic (exact) mass is 287 g/mol. The van der Waals surface area contributed by atoms with Crippen LogP contribution in [-0.4, -0.2) is 9.46 Å². The van der Waals surface area contributed by atoms with E-state index < -0.39 is 10.8 Å². The molecule has 3 unspecified atom stereocenters. The summed E-state index contributed by atoms with van der Waals surface area (Å²) in [6, 6.07) is 15.7. The SMILES string of the molecule is Cc1ccc(C)c(S(=O)C(C)C(N)c2ccccc2)c1. The Morgan fingerprint density at radius 3 is 2.35 bits per heavy atom. The molecule has 0 bridgehead atoms. The van der Waals surface area contributed by atoms with Gasteiger partial charge in [-0.1, -0.05) is 42.5 Å². The van der Waals surface area contributed by atoms with Gasteiger partial charge in [-0.2, -0.15) is 0 Å². The Labute approximate surface area is 123 Å². The van der Waals surface area contributed by atoms with Gasteiger partial charge < -0.3 is 5.73 Å². The maximum absolute atomic E-state index is 12.8. The highest BCUT2D eigenvalue weighted by Crippen LogP contribution is 2.24. The van der Waals surface area contributed by atoms with Crippen molar-refractivity contribution in [1.82, 2.24) is 0 Å². The van der Waals surface area contributed by atoms with Crippen molar-refractivity contribution in [2.75, 3.05) is 0 Å². The molecule has 0 amide bonds. The second kappa shape index (κ2) is 6.33. The molecule has 2 N–H and O–H groups in total. The Kier molecular flexibility index (Phi) is 4.73. The third kappa shape index (κ3) is 3.17. The molecule has 0 fully saturated rings. The van der Waals surface area contributed by atoms with Gasteiger partial charge in [0.1, 0.15) is 0 Å². The summed E-state index contributed by atoms with van der Waals surface area (Å²) in [6.07, 6.45) is 0. The van der Waals surface area contributed by atoms with Crippen LogP contribution in [0.4, 0.5) is 0 Å². The lowest BCUT2D eigenvalue weighted by Crippen LogP contribution is -2.28. The Bertz CT molecular complexity index is 610. The first kappa shape index (κ1) is 14.9. The molecule has 2 aromatic rings. The number of aryl methyl sites for hydroxylation is 2. The lowest BCUT2D eigenvalue weighted by atomic mass is 10.1. The first-order valence-electron chi connectivity index (χ1n) is 6.79. The van der Waals surface area contributed by atoms with Crippen molar-refractivity contribution in [2.45, 2.75) is 37.0 Å². The maximum Gasteiger partial charge on any atom is 0.0580 e. The second-order valence-corrected chi connectivity index (χ2v) is 6.99. The third-order valence-corrected chi connectivity index (χ3v) is 5.43. The molecule has 2 rings (SSSR count). The zero-order chi connectivity index (χ0) is 14.7. The molecule has 106 valence electrons. The summed E-state index contributed by atoms with van der Waals surface area (Å²) in [5, 5.41) is -0.127. The van der Waals surface area contributed by atoms with Crippen LogP contribution in [0.15, 0.2) is 53.4 Å². The molecule has 0 aliphatic carbocycles. The van der Waals surface area contributed by atoms with Crippen LogP contribution in [-0.2, 0) is 10.8 Å². The van der Waals surface area contributed by atoms with Gasteiger partial charge in [-0.25, -0.2) is 0 Å². The average Bonchev–Trinajstić information content (AvgIpc) is 2.48. The second-order valence-electron chi connectivity index (χ2n) is 5.21. The van der Waals surface area contributed by atoms with Crippen LogP contribution in [0, 0.1) is 13.8 Å². The minimum absolute atomic E-state index is 0.127. The van der Waals surface area contributed by atoms with Crippen LogP contribution in [0.5, 0.6) is 0 Å². The van der Waals surface area contributed by atoms with Gasteiger partial charge in [-0.05, 0) is 43.5 Å². The molecule has 20 heavy (non-hydrogen) atoms. The number of nitrogens with two attached hydrogens (primary N) is 1. The summed E-state index contributed by atoms with van der Waals surface area (Å²) in [5.41, 5.74) is 9.48. The van der Waals surface area contributed by atoms with Crippen LogP contribution in [0.25, 0.3) is 0 Å². The zero-order valence-electron chi connectivity index (χ0n) is 12.2. The lowest BCUT2D eigenvalue weighted by Gasteiger charge is -2.21. The Balaban J connectivity index is 2.27. The third-order valence-electron chi connectivity index (χ3n) is 3.59. The number of rotatable bonds is 4. The fraction of sp³-hybridized carbons (Fsp3) is 0.294. The van der Waals surface area contributed by atoms with Gasteiger partial charge in [0.2, 0.25) is 0 Å². The highest BCUT2D eigenvalue weighted by atomic mass is 32.2. The Hall–Kier alpha value is -1.45. The maximum atomic E-state index is 12.8. The molecule has 0 aromatic heterocycles. The van der Waals surface area contributed by atoms with Gasteiger partial charge in [0, 0.05) is 10.9 Å². The van der Waals surface area contributed by atoms with Gasteiger partial charge in [-0.15, -0.1) is 0 Å². The Morgan fingerprint density at radius 2 is 1.70 bits per heavy atom. The molecule has 0 aliphatic rings. The highest BCUT2D eigenvalue weighted by Gasteiger charge is 2.23. The molecule has 0 radical (unpaired) electrons. The molecule has 2 aromatic carbocycles. The predicted octanol–water partition coefficient (Wildman–Crippen LogP) is 3.50. The quantitative estimate of drug-likeness (QED) is 0.935. The summed E-state index contributed by atoms with van der Waals surface area (Å²) in [6.45, 7) is 5.96. The summed E-state index contributed by atoms with van der Waals surface area (Å²) in [7, 11) is -1.11. The van der Waals surface area contributed by atoms with Crippen LogP contribution < -0.4 is 5.73 Å². The topological polar surface area (TPSA) is 43.1 Å². The van der Waals surface area contributed by atoms with E-state index in [0.29, 0.717) is 0 Å². The summed E-state index contributed by atoms with van der Waals surface area (Å²) in [4.78, 5) is 0.892. The van der Waals surface area contributed by atoms with Crippen molar-refractivity contribution in [3.05, 3.63) is 65.2 Å². The van der Waals surface area contributed by atoms with E-state index in [9.17, 15) is 4.21 Å². The summed E-state index contributed by atoms with van der Waals surface area (Å²) >= 11 is 0. The van der Waals surface area contributed by atoms with E-state index in [1.54, 1.807) is 0 Å². The van der Waals surface area contributed by atoms with Crippen molar-refractivity contribution in [3.8, 4) is 0 Å². The van der Waals surface area contributed by atoms with Crippen LogP contribution >= 0.6 is 0 Å². The van der Waals surface area contributed by atoms with Crippen molar-refractivity contribution in [1.29, 1.82) is 0 Å². The molecule has 0 spiro atoms. The first-order chi connectivity index (χ1) is 9.50. The van der Waals surface area contributed by atoms with Crippen LogP contribution in [0.3, 0.4) is 0 Å². The summed E-state index contributed by atoms with van der Waals surface area (Å²) < 4.78 is 12.8. The number of hydrogen-bond donors (Lipinski definition) is 1. The average molecular weight is 287 g/mol. The molecule has 0 saturated heterocycles. The minimum atomic E-state index is -1.11. The highest BCUT2D eigenvalue weighted by molar-refractivity contribution is 7.85. The lowest BCUT2D eigenvalue weighted by molar-refractivity contribution is 0.642. The van der Waals surface area contributed by atoms with E-state index in [1.807, 2.05) is 69.3 Å². The van der Waals surface area contributed by atoms with Crippen LogP contribution in [0.2, 0.25) is 0 Å². The largest absolute Gasteiger partial charge is 0.323 e. The van der Waals surface area contributed by atoms with Crippen molar-refractivity contribution < 1.29 is 4.21 Å². The number of benzene rings is 2. The van der Waals surface area contributed by atoms with Gasteiger partial charge in [0.15, 0.2) is 0 Å². The van der Waals surface area contributed by atoms with Crippen molar-refractivity contribution in [3.63, 3.8) is 0 Å². The van der Waals surface area contributed by atoms with E-state index in [0.717, 1.165) is 21.6 Å². The van der Waals surface area contributed by atoms with Gasteiger partial charge in [0.25, 0.3) is 0 Å². The molecule has 0 heterocycles. The molecular weight excluding hydrogens is 266 g/mol. The molecule has 3 heteroatoms. The smallest absolute Gasteiger partial charge is 0.0580 e. The first-order valence-corrected chi connectivity index (χ1v) is 8.00. The zero-order valence-corrected chi connectivity index (χ0v) is 13.0. The Morgan fingerprint density at radius 1 is 1.05 bits per heavy atom. The van der Waals surface area contributed by atoms with Gasteiger partial charge in [-0.3, -0.25) is 4.21 Å². The fourth-order valence-electron chi connectivity index (χ4n) is 2.20.